The number of rotatable bonds is 2. The highest BCUT2D eigenvalue weighted by atomic mass is 31.1. The highest BCUT2D eigenvalue weighted by molar-refractivity contribution is 7.38. The van der Waals surface area contributed by atoms with E-state index in [0.717, 1.165) is 5.57 Å². The summed E-state index contributed by atoms with van der Waals surface area (Å²) in [6.45, 7) is 5.18. The van der Waals surface area contributed by atoms with E-state index < -0.39 is 8.03 Å². The molecule has 0 bridgehead atoms. The van der Waals surface area contributed by atoms with Gasteiger partial charge in [0.05, 0.1) is 0 Å². The van der Waals surface area contributed by atoms with Crippen LogP contribution in [0.5, 0.6) is 0 Å². The smallest absolute Gasteiger partial charge is 0.160 e. The van der Waals surface area contributed by atoms with Crippen LogP contribution in [0, 0.1) is 0 Å². The van der Waals surface area contributed by atoms with Gasteiger partial charge in [-0.1, -0.05) is 6.58 Å². The lowest BCUT2D eigenvalue weighted by atomic mass is 10.4. The Kier molecular flexibility index (Phi) is 2.81. The second-order valence-corrected chi connectivity index (χ2v) is 2.49. The first-order chi connectivity index (χ1) is 3.13. The van der Waals surface area contributed by atoms with Crippen molar-refractivity contribution in [3.8, 4) is 0 Å². The van der Waals surface area contributed by atoms with Gasteiger partial charge in [-0.3, -0.25) is 0 Å². The molecule has 0 aromatic heterocycles. The summed E-state index contributed by atoms with van der Waals surface area (Å²) in [6.07, 6.45) is 0.231. The van der Waals surface area contributed by atoms with Gasteiger partial charge in [0.2, 0.25) is 0 Å². The van der Waals surface area contributed by atoms with Gasteiger partial charge >= 0.3 is 8.03 Å². The van der Waals surface area contributed by atoms with Crippen LogP contribution in [0.15, 0.2) is 12.2 Å². The molecule has 0 amide bonds. The molecule has 0 fully saturated rings. The molecule has 0 spiro atoms. The molecule has 0 aliphatic rings. The Morgan fingerprint density at radius 3 is 2.43 bits per heavy atom. The van der Waals surface area contributed by atoms with Crippen molar-refractivity contribution in [2.45, 2.75) is 6.92 Å². The fraction of sp³-hybridized carbons (Fsp3) is 0.500. The molecule has 0 rings (SSSR count). The zero-order chi connectivity index (χ0) is 5.86. The van der Waals surface area contributed by atoms with E-state index in [-0.39, 0.29) is 6.16 Å². The van der Waals surface area contributed by atoms with E-state index in [1.165, 1.54) is 0 Å². The molecule has 1 N–H and O–H groups in total. The number of hydrogen-bond donors (Lipinski definition) is 1. The minimum absolute atomic E-state index is 0.231. The number of hydrogen-bond acceptors (Lipinski definition) is 1. The summed E-state index contributed by atoms with van der Waals surface area (Å²) in [5, 5.41) is 0. The topological polar surface area (TPSA) is 37.3 Å². The van der Waals surface area contributed by atoms with Crippen molar-refractivity contribution < 1.29 is 9.46 Å². The fourth-order valence-corrected chi connectivity index (χ4v) is 0.693. The van der Waals surface area contributed by atoms with E-state index in [2.05, 4.69) is 6.58 Å². The molecule has 0 aliphatic heterocycles. The van der Waals surface area contributed by atoms with E-state index in [1.54, 1.807) is 6.92 Å². The lowest BCUT2D eigenvalue weighted by Gasteiger charge is -1.75. The van der Waals surface area contributed by atoms with Crippen molar-refractivity contribution >= 4 is 8.03 Å². The standard InChI is InChI=1S/C4H7O2P/c1-4(2)3-7(5)6/h1,3H2,2H3/p+1. The summed E-state index contributed by atoms with van der Waals surface area (Å²) >= 11 is 0. The van der Waals surface area contributed by atoms with E-state index in [1.807, 2.05) is 0 Å². The van der Waals surface area contributed by atoms with Crippen molar-refractivity contribution in [3.63, 3.8) is 0 Å². The van der Waals surface area contributed by atoms with Crippen LogP contribution in [0.4, 0.5) is 0 Å². The highest BCUT2D eigenvalue weighted by Crippen LogP contribution is 2.15. The Morgan fingerprint density at radius 1 is 2.00 bits per heavy atom. The van der Waals surface area contributed by atoms with Crippen molar-refractivity contribution in [1.29, 1.82) is 0 Å². The third-order valence-electron chi connectivity index (χ3n) is 0.405. The van der Waals surface area contributed by atoms with Gasteiger partial charge < -0.3 is 0 Å². The van der Waals surface area contributed by atoms with Crippen LogP contribution in [-0.2, 0) is 4.57 Å². The van der Waals surface area contributed by atoms with E-state index in [9.17, 15) is 4.57 Å². The summed E-state index contributed by atoms with van der Waals surface area (Å²) in [5.74, 6) is 0. The molecule has 0 radical (unpaired) electrons. The molecule has 0 heterocycles. The van der Waals surface area contributed by atoms with Gasteiger partial charge in [-0.05, 0) is 17.1 Å². The Balaban J connectivity index is 3.32. The van der Waals surface area contributed by atoms with E-state index >= 15 is 0 Å². The second kappa shape index (κ2) is 2.89. The maximum Gasteiger partial charge on any atom is 0.509 e. The van der Waals surface area contributed by atoms with Crippen LogP contribution in [0.25, 0.3) is 0 Å². The second-order valence-electron chi connectivity index (χ2n) is 1.47. The first-order valence-electron chi connectivity index (χ1n) is 1.91. The molecule has 1 atom stereocenters. The average molecular weight is 119 g/mol. The molecule has 0 saturated heterocycles. The molecule has 0 aliphatic carbocycles. The summed E-state index contributed by atoms with van der Waals surface area (Å²) in [4.78, 5) is 8.17. The van der Waals surface area contributed by atoms with Crippen molar-refractivity contribution in [1.82, 2.24) is 0 Å². The van der Waals surface area contributed by atoms with Crippen molar-refractivity contribution in [2.24, 2.45) is 0 Å². The average Bonchev–Trinajstić information content (AvgIpc) is 1.27. The quantitative estimate of drug-likeness (QED) is 0.439. The monoisotopic (exact) mass is 119 g/mol. The van der Waals surface area contributed by atoms with Crippen molar-refractivity contribution in [3.05, 3.63) is 12.2 Å². The van der Waals surface area contributed by atoms with Crippen molar-refractivity contribution in [2.75, 3.05) is 6.16 Å². The van der Waals surface area contributed by atoms with Gasteiger partial charge in [0.1, 0.15) is 0 Å². The molecule has 3 heteroatoms. The minimum atomic E-state index is -1.99. The highest BCUT2D eigenvalue weighted by Gasteiger charge is 2.07. The van der Waals surface area contributed by atoms with Crippen LogP contribution in [0.1, 0.15) is 6.92 Å². The zero-order valence-corrected chi connectivity index (χ0v) is 5.11. The van der Waals surface area contributed by atoms with Crippen LogP contribution in [0.3, 0.4) is 0 Å². The normalized spacial score (nSPS) is 10.9. The molecular weight excluding hydrogens is 111 g/mol. The SMILES string of the molecule is C=C(C)C[P+](=O)O. The van der Waals surface area contributed by atoms with Gasteiger partial charge in [0, 0.05) is 0 Å². The third-order valence-corrected chi connectivity index (χ3v) is 1.22. The summed E-state index contributed by atoms with van der Waals surface area (Å²) in [6, 6.07) is 0. The van der Waals surface area contributed by atoms with Gasteiger partial charge in [0.25, 0.3) is 0 Å². The van der Waals surface area contributed by atoms with Crippen LogP contribution >= 0.6 is 8.03 Å². The largest absolute Gasteiger partial charge is 0.509 e. The lowest BCUT2D eigenvalue weighted by molar-refractivity contribution is 0.505. The van der Waals surface area contributed by atoms with Crippen LogP contribution in [0.2, 0.25) is 0 Å². The van der Waals surface area contributed by atoms with Crippen LogP contribution in [-0.4, -0.2) is 11.1 Å². The first-order valence-corrected chi connectivity index (χ1v) is 3.30. The molecule has 0 saturated carbocycles. The van der Waals surface area contributed by atoms with Gasteiger partial charge in [-0.25, -0.2) is 0 Å². The zero-order valence-electron chi connectivity index (χ0n) is 4.22. The Hall–Kier alpha value is -0.200. The first kappa shape index (κ1) is 6.80. The summed E-state index contributed by atoms with van der Waals surface area (Å²) in [7, 11) is -1.99. The van der Waals surface area contributed by atoms with Gasteiger partial charge in [-0.15, -0.1) is 0 Å². The molecule has 7 heavy (non-hydrogen) atoms. The van der Waals surface area contributed by atoms with Gasteiger partial charge in [-0.2, -0.15) is 4.89 Å². The molecule has 40 valence electrons. The molecular formula is C4H8O2P+. The lowest BCUT2D eigenvalue weighted by Crippen LogP contribution is -1.74. The summed E-state index contributed by atoms with van der Waals surface area (Å²) in [5.41, 5.74) is 0.753. The van der Waals surface area contributed by atoms with E-state index in [4.69, 9.17) is 4.89 Å². The molecule has 0 aromatic rings. The number of allylic oxidation sites excluding steroid dienone is 1. The molecule has 2 nitrogen and oxygen atoms in total. The van der Waals surface area contributed by atoms with Gasteiger partial charge in [0.15, 0.2) is 6.16 Å². The maximum atomic E-state index is 9.90. The predicted molar refractivity (Wildman–Crippen MR) is 29.5 cm³/mol. The van der Waals surface area contributed by atoms with Crippen LogP contribution < -0.4 is 0 Å². The maximum absolute atomic E-state index is 9.90. The van der Waals surface area contributed by atoms with E-state index in [0.29, 0.717) is 0 Å². The third kappa shape index (κ3) is 5.80. The Morgan fingerprint density at radius 2 is 2.43 bits per heavy atom. The minimum Gasteiger partial charge on any atom is -0.160 e. The predicted octanol–water partition coefficient (Wildman–Crippen LogP) is 1.30. The molecule has 0 aromatic carbocycles. The Bertz CT molecular complexity index is 85.9. The summed E-state index contributed by atoms with van der Waals surface area (Å²) < 4.78 is 9.90. The fourth-order valence-electron chi connectivity index (χ4n) is 0.231. The molecule has 1 unspecified atom stereocenters. The Labute approximate surface area is 43.7 Å².